The van der Waals surface area contributed by atoms with Crippen LogP contribution in [0.3, 0.4) is 0 Å². The van der Waals surface area contributed by atoms with Crippen LogP contribution in [0.25, 0.3) is 89.4 Å². The molecule has 0 radical (unpaired) electrons. The molecule has 0 atom stereocenters. The van der Waals surface area contributed by atoms with Crippen molar-refractivity contribution in [2.75, 3.05) is 0 Å². The number of rotatable bonds is 6. The van der Waals surface area contributed by atoms with E-state index in [2.05, 4.69) is 217 Å². The number of benzene rings is 8. The molecular formula is C52H38N2. The van der Waals surface area contributed by atoms with Crippen LogP contribution in [0, 0.1) is 13.8 Å². The van der Waals surface area contributed by atoms with Crippen LogP contribution < -0.4 is 0 Å². The second-order valence-corrected chi connectivity index (χ2v) is 14.4. The summed E-state index contributed by atoms with van der Waals surface area (Å²) in [5.41, 5.74) is 17.0. The summed E-state index contributed by atoms with van der Waals surface area (Å²) in [6.45, 7) is 4.27. The summed E-state index contributed by atoms with van der Waals surface area (Å²) < 4.78 is 4.75. The molecule has 0 saturated carbocycles. The zero-order valence-corrected chi connectivity index (χ0v) is 30.4. The summed E-state index contributed by atoms with van der Waals surface area (Å²) in [6.07, 6.45) is 4.40. The number of aromatic nitrogens is 2. The number of hydrogen-bond donors (Lipinski definition) is 0. The molecule has 0 bridgehead atoms. The van der Waals surface area contributed by atoms with Gasteiger partial charge in [-0.15, -0.1) is 0 Å². The lowest BCUT2D eigenvalue weighted by molar-refractivity contribution is 1.17. The van der Waals surface area contributed by atoms with Gasteiger partial charge in [0.25, 0.3) is 0 Å². The number of fused-ring (bicyclic) bond motifs is 6. The molecule has 10 rings (SSSR count). The predicted octanol–water partition coefficient (Wildman–Crippen LogP) is 14.0. The quantitative estimate of drug-likeness (QED) is 0.154. The first-order chi connectivity index (χ1) is 26.6. The van der Waals surface area contributed by atoms with Gasteiger partial charge >= 0.3 is 0 Å². The van der Waals surface area contributed by atoms with Gasteiger partial charge in [-0.2, -0.15) is 0 Å². The molecule has 0 saturated heterocycles. The third-order valence-electron chi connectivity index (χ3n) is 10.9. The van der Waals surface area contributed by atoms with E-state index in [-0.39, 0.29) is 0 Å². The highest BCUT2D eigenvalue weighted by Gasteiger charge is 2.15. The van der Waals surface area contributed by atoms with Crippen LogP contribution >= 0.6 is 0 Å². The zero-order chi connectivity index (χ0) is 36.2. The van der Waals surface area contributed by atoms with E-state index in [4.69, 9.17) is 0 Å². The molecule has 256 valence electrons. The fraction of sp³-hybridized carbons (Fsp3) is 0.0385. The van der Waals surface area contributed by atoms with E-state index in [1.165, 1.54) is 99.5 Å². The second-order valence-electron chi connectivity index (χ2n) is 14.4. The lowest BCUT2D eigenvalue weighted by Gasteiger charge is -2.09. The maximum absolute atomic E-state index is 2.37. The Morgan fingerprint density at radius 1 is 0.315 bits per heavy atom. The van der Waals surface area contributed by atoms with E-state index >= 15 is 0 Å². The molecule has 54 heavy (non-hydrogen) atoms. The minimum atomic E-state index is 1.18. The maximum Gasteiger partial charge on any atom is 0.0541 e. The smallest absolute Gasteiger partial charge is 0.0541 e. The Morgan fingerprint density at radius 3 is 1.07 bits per heavy atom. The third kappa shape index (κ3) is 5.52. The average molecular weight is 691 g/mol. The minimum Gasteiger partial charge on any atom is -0.309 e. The standard InChI is InChI=1S/C52H38N2/c1-35-11-27-43(28-12-35)53-49-9-5-3-7-45(49)47-33-41(25-31-51(47)53)39-21-17-37(18-22-39)15-16-38-19-23-40(24-20-38)42-26-32-52-48(34-42)46-8-4-6-10-50(46)54(52)44-29-13-36(2)14-30-44/h3-34H,1-2H3/b16-15+. The van der Waals surface area contributed by atoms with Gasteiger partial charge < -0.3 is 9.13 Å². The maximum atomic E-state index is 2.37. The van der Waals surface area contributed by atoms with E-state index in [1.807, 2.05) is 0 Å². The molecular weight excluding hydrogens is 653 g/mol. The summed E-state index contributed by atoms with van der Waals surface area (Å²) in [7, 11) is 0. The molecule has 0 N–H and O–H groups in total. The predicted molar refractivity (Wildman–Crippen MR) is 231 cm³/mol. The summed E-state index contributed by atoms with van der Waals surface area (Å²) in [6, 6.07) is 66.5. The lowest BCUT2D eigenvalue weighted by atomic mass is 10.00. The molecule has 2 aromatic heterocycles. The topological polar surface area (TPSA) is 9.86 Å². The number of hydrogen-bond acceptors (Lipinski definition) is 0. The highest BCUT2D eigenvalue weighted by molar-refractivity contribution is 6.11. The molecule has 0 unspecified atom stereocenters. The van der Waals surface area contributed by atoms with Crippen molar-refractivity contribution < 1.29 is 0 Å². The van der Waals surface area contributed by atoms with E-state index in [9.17, 15) is 0 Å². The molecule has 10 aromatic rings. The second kappa shape index (κ2) is 12.9. The normalized spacial score (nSPS) is 11.8. The van der Waals surface area contributed by atoms with Crippen LogP contribution in [0.4, 0.5) is 0 Å². The van der Waals surface area contributed by atoms with Gasteiger partial charge in [0.1, 0.15) is 0 Å². The van der Waals surface area contributed by atoms with E-state index in [1.54, 1.807) is 0 Å². The van der Waals surface area contributed by atoms with Gasteiger partial charge in [0, 0.05) is 32.9 Å². The highest BCUT2D eigenvalue weighted by atomic mass is 15.0. The summed E-state index contributed by atoms with van der Waals surface area (Å²) in [4.78, 5) is 0. The van der Waals surface area contributed by atoms with Crippen LogP contribution in [0.2, 0.25) is 0 Å². The third-order valence-corrected chi connectivity index (χ3v) is 10.9. The summed E-state index contributed by atoms with van der Waals surface area (Å²) in [5, 5.41) is 5.08. The van der Waals surface area contributed by atoms with E-state index in [0.29, 0.717) is 0 Å². The average Bonchev–Trinajstić information content (AvgIpc) is 3.73. The first-order valence-electron chi connectivity index (χ1n) is 18.7. The van der Waals surface area contributed by atoms with Crippen molar-refractivity contribution in [3.8, 4) is 33.6 Å². The van der Waals surface area contributed by atoms with Gasteiger partial charge in [0.2, 0.25) is 0 Å². The van der Waals surface area contributed by atoms with Crippen LogP contribution in [0.15, 0.2) is 182 Å². The Bertz CT molecular complexity index is 2800. The van der Waals surface area contributed by atoms with Crippen LogP contribution in [0.5, 0.6) is 0 Å². The van der Waals surface area contributed by atoms with Crippen molar-refractivity contribution >= 4 is 55.8 Å². The summed E-state index contributed by atoms with van der Waals surface area (Å²) in [5.74, 6) is 0. The van der Waals surface area contributed by atoms with Gasteiger partial charge in [-0.25, -0.2) is 0 Å². The van der Waals surface area contributed by atoms with Gasteiger partial charge in [-0.3, -0.25) is 0 Å². The molecule has 0 aliphatic heterocycles. The monoisotopic (exact) mass is 690 g/mol. The van der Waals surface area contributed by atoms with Crippen LogP contribution in [0.1, 0.15) is 22.3 Å². The van der Waals surface area contributed by atoms with E-state index < -0.39 is 0 Å². The van der Waals surface area contributed by atoms with Gasteiger partial charge in [-0.05, 0) is 108 Å². The first kappa shape index (κ1) is 31.8. The molecule has 8 aromatic carbocycles. The number of nitrogens with zero attached hydrogens (tertiary/aromatic N) is 2. The fourth-order valence-electron chi connectivity index (χ4n) is 8.01. The molecule has 2 heteroatoms. The van der Waals surface area contributed by atoms with Crippen molar-refractivity contribution in [3.63, 3.8) is 0 Å². The Balaban J connectivity index is 0.902. The SMILES string of the molecule is Cc1ccc(-n2c3ccccc3c3cc(-c4ccc(/C=C/c5ccc(-c6ccc7c(c6)c6ccccc6n7-c6ccc(C)cc6)cc5)cc4)ccc32)cc1. The Kier molecular flexibility index (Phi) is 7.63. The molecule has 0 spiro atoms. The van der Waals surface area contributed by atoms with Gasteiger partial charge in [-0.1, -0.05) is 145 Å². The van der Waals surface area contributed by atoms with Gasteiger partial charge in [0.05, 0.1) is 22.1 Å². The Labute approximate surface area is 315 Å². The highest BCUT2D eigenvalue weighted by Crippen LogP contribution is 2.37. The summed E-state index contributed by atoms with van der Waals surface area (Å²) >= 11 is 0. The fourth-order valence-corrected chi connectivity index (χ4v) is 8.01. The van der Waals surface area contributed by atoms with Crippen LogP contribution in [-0.2, 0) is 0 Å². The Hall–Kier alpha value is -6.90. The molecule has 2 heterocycles. The van der Waals surface area contributed by atoms with Crippen molar-refractivity contribution in [2.24, 2.45) is 0 Å². The number of para-hydroxylation sites is 2. The largest absolute Gasteiger partial charge is 0.309 e. The van der Waals surface area contributed by atoms with Gasteiger partial charge in [0.15, 0.2) is 0 Å². The Morgan fingerprint density at radius 2 is 0.667 bits per heavy atom. The number of aryl methyl sites for hydroxylation is 2. The van der Waals surface area contributed by atoms with Crippen molar-refractivity contribution in [1.29, 1.82) is 0 Å². The molecule has 0 aliphatic carbocycles. The van der Waals surface area contributed by atoms with E-state index in [0.717, 1.165) is 0 Å². The first-order valence-corrected chi connectivity index (χ1v) is 18.7. The van der Waals surface area contributed by atoms with Crippen molar-refractivity contribution in [2.45, 2.75) is 13.8 Å². The molecule has 0 aliphatic rings. The van der Waals surface area contributed by atoms with Crippen molar-refractivity contribution in [3.05, 3.63) is 204 Å². The van der Waals surface area contributed by atoms with Crippen molar-refractivity contribution in [1.82, 2.24) is 9.13 Å². The minimum absolute atomic E-state index is 1.18. The molecule has 0 amide bonds. The molecule has 2 nitrogen and oxygen atoms in total. The molecule has 0 fully saturated rings. The lowest BCUT2D eigenvalue weighted by Crippen LogP contribution is -1.93. The van der Waals surface area contributed by atoms with Crippen LogP contribution in [-0.4, -0.2) is 9.13 Å². The zero-order valence-electron chi connectivity index (χ0n) is 30.4.